The number of benzene rings is 1. The number of nitrogens with zero attached hydrogens (tertiary/aromatic N) is 4. The maximum Gasteiger partial charge on any atom is 0.230 e. The Balaban J connectivity index is 1.52. The number of aryl methyl sites for hydroxylation is 1. The molecule has 2 aromatic heterocycles. The molecule has 112 valence electrons. The van der Waals surface area contributed by atoms with Crippen molar-refractivity contribution in [3.63, 3.8) is 0 Å². The minimum atomic E-state index is 0.213. The summed E-state index contributed by atoms with van der Waals surface area (Å²) in [5, 5.41) is 15.8. The fraction of sp³-hybridized carbons (Fsp3) is 0.333. The number of aromatic nitrogens is 5. The number of fused-ring (bicyclic) bond motifs is 1. The van der Waals surface area contributed by atoms with Crippen LogP contribution in [0.4, 0.5) is 0 Å². The Bertz CT molecular complexity index is 797. The highest BCUT2D eigenvalue weighted by atomic mass is 35.5. The first-order chi connectivity index (χ1) is 10.8. The molecule has 4 rings (SSSR count). The quantitative estimate of drug-likeness (QED) is 0.803. The zero-order chi connectivity index (χ0) is 14.9. The zero-order valence-electron chi connectivity index (χ0n) is 11.8. The lowest BCUT2D eigenvalue weighted by Gasteiger charge is -2.15. The molecule has 7 heteroatoms. The van der Waals surface area contributed by atoms with Crippen LogP contribution < -0.4 is 0 Å². The number of H-pyrrole nitrogens is 1. The summed E-state index contributed by atoms with van der Waals surface area (Å²) in [6.45, 7) is 0. The van der Waals surface area contributed by atoms with Crippen molar-refractivity contribution in [1.29, 1.82) is 0 Å². The lowest BCUT2D eigenvalue weighted by Crippen LogP contribution is -2.13. The van der Waals surface area contributed by atoms with Crippen molar-refractivity contribution in [2.75, 3.05) is 0 Å². The van der Waals surface area contributed by atoms with Crippen LogP contribution in [0.5, 0.6) is 0 Å². The maximum absolute atomic E-state index is 6.17. The number of nitrogens with one attached hydrogen (secondary N) is 1. The average Bonchev–Trinajstić information content (AvgIpc) is 3.17. The van der Waals surface area contributed by atoms with Gasteiger partial charge in [0.1, 0.15) is 0 Å². The third kappa shape index (κ3) is 2.50. The van der Waals surface area contributed by atoms with Gasteiger partial charge in [-0.1, -0.05) is 35.0 Å². The van der Waals surface area contributed by atoms with Crippen molar-refractivity contribution < 1.29 is 4.52 Å². The van der Waals surface area contributed by atoms with Crippen molar-refractivity contribution >= 4 is 11.6 Å². The zero-order valence-corrected chi connectivity index (χ0v) is 12.5. The molecule has 1 aromatic carbocycles. The molecule has 0 spiro atoms. The van der Waals surface area contributed by atoms with E-state index in [2.05, 4.69) is 25.6 Å². The van der Waals surface area contributed by atoms with Gasteiger partial charge in [0.15, 0.2) is 5.82 Å². The Labute approximate surface area is 131 Å². The molecule has 3 aromatic rings. The second-order valence-corrected chi connectivity index (χ2v) is 5.88. The van der Waals surface area contributed by atoms with Crippen molar-refractivity contribution in [3.8, 4) is 0 Å². The highest BCUT2D eigenvalue weighted by molar-refractivity contribution is 6.31. The third-order valence-electron chi connectivity index (χ3n) is 4.01. The van der Waals surface area contributed by atoms with Gasteiger partial charge in [-0.2, -0.15) is 20.4 Å². The summed E-state index contributed by atoms with van der Waals surface area (Å²) in [5.74, 6) is 1.55. The van der Waals surface area contributed by atoms with Crippen LogP contribution in [0, 0.1) is 0 Å². The summed E-state index contributed by atoms with van der Waals surface area (Å²) in [6.07, 6.45) is 3.21. The molecule has 1 aliphatic rings. The van der Waals surface area contributed by atoms with Crippen LogP contribution in [-0.2, 0) is 19.3 Å². The second-order valence-electron chi connectivity index (χ2n) is 5.47. The molecule has 0 fully saturated rings. The number of aromatic amines is 1. The van der Waals surface area contributed by atoms with E-state index in [-0.39, 0.29) is 5.92 Å². The summed E-state index contributed by atoms with van der Waals surface area (Å²) in [6, 6.07) is 7.70. The number of hydrogen-bond donors (Lipinski definition) is 1. The van der Waals surface area contributed by atoms with Crippen LogP contribution in [0.15, 0.2) is 28.8 Å². The second kappa shape index (κ2) is 5.53. The average molecular weight is 316 g/mol. The fourth-order valence-electron chi connectivity index (χ4n) is 2.81. The standard InChI is InChI=1S/C15H14ClN5O/c16-11-4-2-1-3-9(11)8-14-17-15(22-20-14)10-5-6-12-13(7-10)19-21-18-12/h1-4,10H,5-8H2,(H,18,19,21). The van der Waals surface area contributed by atoms with Gasteiger partial charge in [-0.15, -0.1) is 0 Å². The maximum atomic E-state index is 6.17. The molecule has 0 aliphatic heterocycles. The van der Waals surface area contributed by atoms with Crippen LogP contribution >= 0.6 is 11.6 Å². The lowest BCUT2D eigenvalue weighted by atomic mass is 9.90. The van der Waals surface area contributed by atoms with Crippen LogP contribution in [0.2, 0.25) is 5.02 Å². The summed E-state index contributed by atoms with van der Waals surface area (Å²) in [7, 11) is 0. The summed E-state index contributed by atoms with van der Waals surface area (Å²) in [5.41, 5.74) is 3.05. The monoisotopic (exact) mass is 315 g/mol. The molecule has 0 saturated carbocycles. The van der Waals surface area contributed by atoms with Gasteiger partial charge in [-0.3, -0.25) is 0 Å². The van der Waals surface area contributed by atoms with E-state index in [1.54, 1.807) is 0 Å². The van der Waals surface area contributed by atoms with Crippen LogP contribution in [0.25, 0.3) is 0 Å². The molecule has 0 bridgehead atoms. The molecule has 1 N–H and O–H groups in total. The van der Waals surface area contributed by atoms with E-state index < -0.39 is 0 Å². The SMILES string of the molecule is Clc1ccccc1Cc1noc(C2CCc3n[nH]nc3C2)n1. The molecule has 0 saturated heterocycles. The third-order valence-corrected chi connectivity index (χ3v) is 4.38. The van der Waals surface area contributed by atoms with E-state index in [1.807, 2.05) is 24.3 Å². The van der Waals surface area contributed by atoms with E-state index in [4.69, 9.17) is 16.1 Å². The van der Waals surface area contributed by atoms with E-state index in [0.29, 0.717) is 18.1 Å². The predicted octanol–water partition coefficient (Wildman–Crippen LogP) is 2.70. The van der Waals surface area contributed by atoms with E-state index in [1.165, 1.54) is 0 Å². The summed E-state index contributed by atoms with van der Waals surface area (Å²) >= 11 is 6.17. The van der Waals surface area contributed by atoms with Crippen molar-refractivity contribution in [3.05, 3.63) is 58.0 Å². The first kappa shape index (κ1) is 13.5. The molecule has 0 amide bonds. The Morgan fingerprint density at radius 2 is 2.09 bits per heavy atom. The summed E-state index contributed by atoms with van der Waals surface area (Å²) < 4.78 is 5.45. The minimum Gasteiger partial charge on any atom is -0.339 e. The molecule has 1 atom stereocenters. The smallest absolute Gasteiger partial charge is 0.230 e. The predicted molar refractivity (Wildman–Crippen MR) is 79.7 cm³/mol. The minimum absolute atomic E-state index is 0.213. The molecular weight excluding hydrogens is 302 g/mol. The Kier molecular flexibility index (Phi) is 3.38. The fourth-order valence-corrected chi connectivity index (χ4v) is 3.02. The summed E-state index contributed by atoms with van der Waals surface area (Å²) in [4.78, 5) is 4.53. The molecule has 1 aliphatic carbocycles. The van der Waals surface area contributed by atoms with Gasteiger partial charge in [0.25, 0.3) is 0 Å². The molecule has 22 heavy (non-hydrogen) atoms. The topological polar surface area (TPSA) is 80.5 Å². The van der Waals surface area contributed by atoms with Gasteiger partial charge >= 0.3 is 0 Å². The first-order valence-corrected chi connectivity index (χ1v) is 7.62. The molecule has 2 heterocycles. The molecular formula is C15H14ClN5O. The van der Waals surface area contributed by atoms with Crippen molar-refractivity contribution in [1.82, 2.24) is 25.6 Å². The highest BCUT2D eigenvalue weighted by Gasteiger charge is 2.27. The number of hydrogen-bond acceptors (Lipinski definition) is 5. The van der Waals surface area contributed by atoms with Crippen LogP contribution in [0.3, 0.4) is 0 Å². The highest BCUT2D eigenvalue weighted by Crippen LogP contribution is 2.30. The van der Waals surface area contributed by atoms with E-state index in [9.17, 15) is 0 Å². The Hall–Kier alpha value is -2.21. The number of halogens is 1. The van der Waals surface area contributed by atoms with Gasteiger partial charge in [0, 0.05) is 23.8 Å². The van der Waals surface area contributed by atoms with E-state index >= 15 is 0 Å². The number of rotatable bonds is 3. The van der Waals surface area contributed by atoms with Crippen LogP contribution in [-0.4, -0.2) is 25.6 Å². The normalized spacial score (nSPS) is 17.4. The lowest BCUT2D eigenvalue weighted by molar-refractivity contribution is 0.336. The van der Waals surface area contributed by atoms with Crippen LogP contribution in [0.1, 0.15) is 41.0 Å². The Morgan fingerprint density at radius 1 is 1.23 bits per heavy atom. The Morgan fingerprint density at radius 3 is 3.00 bits per heavy atom. The van der Waals surface area contributed by atoms with E-state index in [0.717, 1.165) is 41.2 Å². The molecule has 0 radical (unpaired) electrons. The molecule has 6 nitrogen and oxygen atoms in total. The largest absolute Gasteiger partial charge is 0.339 e. The van der Waals surface area contributed by atoms with Gasteiger partial charge in [-0.25, -0.2) is 0 Å². The molecule has 1 unspecified atom stereocenters. The van der Waals surface area contributed by atoms with Gasteiger partial charge in [0.2, 0.25) is 5.89 Å². The van der Waals surface area contributed by atoms with Gasteiger partial charge < -0.3 is 4.52 Å². The van der Waals surface area contributed by atoms with Crippen molar-refractivity contribution in [2.24, 2.45) is 0 Å². The first-order valence-electron chi connectivity index (χ1n) is 7.24. The van der Waals surface area contributed by atoms with Crippen molar-refractivity contribution in [2.45, 2.75) is 31.6 Å². The van der Waals surface area contributed by atoms with Gasteiger partial charge in [0.05, 0.1) is 11.4 Å². The van der Waals surface area contributed by atoms with Gasteiger partial charge in [-0.05, 0) is 24.5 Å².